The molecule has 2 heterocycles. The van der Waals surface area contributed by atoms with Gasteiger partial charge in [-0.3, -0.25) is 9.59 Å². The lowest BCUT2D eigenvalue weighted by molar-refractivity contribution is -0.122. The average molecular weight is 439 g/mol. The van der Waals surface area contributed by atoms with E-state index in [0.717, 1.165) is 39.5 Å². The van der Waals surface area contributed by atoms with Gasteiger partial charge in [-0.05, 0) is 54.8 Å². The summed E-state index contributed by atoms with van der Waals surface area (Å²) >= 11 is 1.73. The molecule has 0 unspecified atom stereocenters. The monoisotopic (exact) mass is 438 g/mol. The molecule has 0 saturated heterocycles. The Balaban J connectivity index is 1.48. The average Bonchev–Trinajstić information content (AvgIpc) is 3.32. The molecular formula is C23H23FN4O2S. The number of thioether (sulfide) groups is 1. The summed E-state index contributed by atoms with van der Waals surface area (Å²) in [5, 5.41) is 10.3. The minimum atomic E-state index is -0.317. The number of nitrogens with one attached hydrogen (secondary N) is 2. The molecule has 160 valence electrons. The summed E-state index contributed by atoms with van der Waals surface area (Å²) in [6.07, 6.45) is 0. The second-order valence-electron chi connectivity index (χ2n) is 7.58. The maximum absolute atomic E-state index is 13.0. The summed E-state index contributed by atoms with van der Waals surface area (Å²) in [6, 6.07) is 11.5. The van der Waals surface area contributed by atoms with Gasteiger partial charge in [-0.1, -0.05) is 18.2 Å². The van der Waals surface area contributed by atoms with Crippen LogP contribution in [0.4, 0.5) is 10.2 Å². The first-order valence-electron chi connectivity index (χ1n) is 9.97. The Morgan fingerprint density at radius 2 is 1.87 bits per heavy atom. The zero-order chi connectivity index (χ0) is 22.0. The number of nitrogens with zero attached hydrogens (tertiary/aromatic N) is 2. The van der Waals surface area contributed by atoms with Gasteiger partial charge in [0.1, 0.15) is 18.2 Å². The molecule has 8 heteroatoms. The number of carbonyl (C=O) groups is 2. The van der Waals surface area contributed by atoms with Gasteiger partial charge in [0, 0.05) is 29.2 Å². The molecule has 0 aliphatic carbocycles. The number of amides is 2. The highest BCUT2D eigenvalue weighted by Crippen LogP contribution is 2.35. The third-order valence-electron chi connectivity index (χ3n) is 5.32. The third kappa shape index (κ3) is 4.80. The summed E-state index contributed by atoms with van der Waals surface area (Å²) in [5.41, 5.74) is 5.40. The second-order valence-corrected chi connectivity index (χ2v) is 8.57. The predicted octanol–water partition coefficient (Wildman–Crippen LogP) is 3.95. The molecule has 0 saturated carbocycles. The molecule has 3 aromatic rings. The molecule has 0 radical (unpaired) electrons. The van der Waals surface area contributed by atoms with E-state index in [-0.39, 0.29) is 24.2 Å². The molecule has 1 aliphatic rings. The number of benzene rings is 2. The van der Waals surface area contributed by atoms with Crippen LogP contribution in [-0.4, -0.2) is 21.6 Å². The van der Waals surface area contributed by atoms with Crippen LogP contribution in [0.1, 0.15) is 38.3 Å². The van der Waals surface area contributed by atoms with Crippen molar-refractivity contribution in [1.29, 1.82) is 0 Å². The van der Waals surface area contributed by atoms with E-state index in [4.69, 9.17) is 0 Å². The highest BCUT2D eigenvalue weighted by atomic mass is 32.2. The second kappa shape index (κ2) is 8.93. The van der Waals surface area contributed by atoms with Gasteiger partial charge < -0.3 is 10.6 Å². The largest absolute Gasteiger partial charge is 0.350 e. The summed E-state index contributed by atoms with van der Waals surface area (Å²) in [4.78, 5) is 25.4. The van der Waals surface area contributed by atoms with E-state index in [1.807, 2.05) is 26.0 Å². The van der Waals surface area contributed by atoms with Gasteiger partial charge >= 0.3 is 0 Å². The summed E-state index contributed by atoms with van der Waals surface area (Å²) < 4.78 is 14.6. The van der Waals surface area contributed by atoms with Crippen molar-refractivity contribution in [2.24, 2.45) is 0 Å². The van der Waals surface area contributed by atoms with Crippen LogP contribution in [0.2, 0.25) is 0 Å². The Bertz CT molecular complexity index is 1140. The van der Waals surface area contributed by atoms with Crippen LogP contribution in [0.3, 0.4) is 0 Å². The zero-order valence-electron chi connectivity index (χ0n) is 17.4. The fourth-order valence-electron chi connectivity index (χ4n) is 3.38. The van der Waals surface area contributed by atoms with E-state index in [1.165, 1.54) is 12.1 Å². The first kappa shape index (κ1) is 21.1. The van der Waals surface area contributed by atoms with Crippen LogP contribution in [-0.2, 0) is 29.4 Å². The van der Waals surface area contributed by atoms with E-state index in [1.54, 1.807) is 34.6 Å². The van der Waals surface area contributed by atoms with Crippen LogP contribution in [0, 0.1) is 19.7 Å². The highest BCUT2D eigenvalue weighted by Gasteiger charge is 2.25. The minimum Gasteiger partial charge on any atom is -0.350 e. The number of halogens is 1. The molecule has 0 spiro atoms. The lowest BCUT2D eigenvalue weighted by Gasteiger charge is -2.12. The Labute approximate surface area is 184 Å². The third-order valence-corrected chi connectivity index (χ3v) is 6.29. The van der Waals surface area contributed by atoms with Gasteiger partial charge in [-0.15, -0.1) is 0 Å². The first-order valence-corrected chi connectivity index (χ1v) is 11.1. The molecule has 1 aliphatic heterocycles. The Morgan fingerprint density at radius 3 is 2.61 bits per heavy atom. The Hall–Kier alpha value is -3.13. The fourth-order valence-corrected chi connectivity index (χ4v) is 4.41. The van der Waals surface area contributed by atoms with Crippen molar-refractivity contribution in [2.75, 3.05) is 5.32 Å². The van der Waals surface area contributed by atoms with Crippen LogP contribution in [0.25, 0.3) is 0 Å². The van der Waals surface area contributed by atoms with Crippen molar-refractivity contribution in [3.05, 3.63) is 81.8 Å². The fraction of sp³-hybridized carbons (Fsp3) is 0.261. The van der Waals surface area contributed by atoms with Crippen LogP contribution >= 0.6 is 11.8 Å². The number of hydrogen-bond acceptors (Lipinski definition) is 4. The molecule has 6 nitrogen and oxygen atoms in total. The van der Waals surface area contributed by atoms with Gasteiger partial charge in [0.05, 0.1) is 5.69 Å². The first-order chi connectivity index (χ1) is 14.9. The van der Waals surface area contributed by atoms with Crippen molar-refractivity contribution < 1.29 is 14.0 Å². The van der Waals surface area contributed by atoms with E-state index in [0.29, 0.717) is 17.9 Å². The number of aromatic nitrogens is 2. The van der Waals surface area contributed by atoms with Gasteiger partial charge in [0.25, 0.3) is 5.91 Å². The number of fused-ring (bicyclic) bond motifs is 1. The van der Waals surface area contributed by atoms with Crippen molar-refractivity contribution >= 4 is 29.4 Å². The highest BCUT2D eigenvalue weighted by molar-refractivity contribution is 7.98. The van der Waals surface area contributed by atoms with Crippen molar-refractivity contribution in [2.45, 2.75) is 38.4 Å². The molecule has 1 aromatic heterocycles. The standard InChI is InChI=1S/C23H23FN4O2S/c1-14-3-6-17(9-15(14)2)23(30)26-22-19-12-31-13-20(19)27-28(22)11-21(29)25-10-16-4-7-18(24)8-5-16/h3-9H,10-13H2,1-2H3,(H,25,29)(H,26,30). The Morgan fingerprint density at radius 1 is 1.10 bits per heavy atom. The molecular weight excluding hydrogens is 415 g/mol. The molecule has 2 aromatic carbocycles. The number of anilines is 1. The number of hydrogen-bond donors (Lipinski definition) is 2. The lowest BCUT2D eigenvalue weighted by atomic mass is 10.1. The normalized spacial score (nSPS) is 12.5. The summed E-state index contributed by atoms with van der Waals surface area (Å²) in [5.74, 6) is 1.29. The molecule has 2 N–H and O–H groups in total. The van der Waals surface area contributed by atoms with E-state index >= 15 is 0 Å². The maximum atomic E-state index is 13.0. The molecule has 2 amide bonds. The molecule has 4 rings (SSSR count). The zero-order valence-corrected chi connectivity index (χ0v) is 18.2. The Kier molecular flexibility index (Phi) is 6.08. The lowest BCUT2D eigenvalue weighted by Crippen LogP contribution is -2.28. The quantitative estimate of drug-likeness (QED) is 0.611. The van der Waals surface area contributed by atoms with Crippen molar-refractivity contribution in [3.63, 3.8) is 0 Å². The number of aryl methyl sites for hydroxylation is 2. The van der Waals surface area contributed by atoms with Crippen molar-refractivity contribution in [3.8, 4) is 0 Å². The predicted molar refractivity (Wildman–Crippen MR) is 119 cm³/mol. The van der Waals surface area contributed by atoms with Crippen LogP contribution < -0.4 is 10.6 Å². The van der Waals surface area contributed by atoms with E-state index in [2.05, 4.69) is 15.7 Å². The maximum Gasteiger partial charge on any atom is 0.256 e. The molecule has 0 fully saturated rings. The molecule has 0 atom stereocenters. The number of rotatable bonds is 6. The number of carbonyl (C=O) groups excluding carboxylic acids is 2. The molecule has 0 bridgehead atoms. The van der Waals surface area contributed by atoms with Crippen molar-refractivity contribution in [1.82, 2.24) is 15.1 Å². The van der Waals surface area contributed by atoms with Gasteiger partial charge in [-0.2, -0.15) is 16.9 Å². The smallest absolute Gasteiger partial charge is 0.256 e. The van der Waals surface area contributed by atoms with Gasteiger partial charge in [-0.25, -0.2) is 9.07 Å². The van der Waals surface area contributed by atoms with Gasteiger partial charge in [0.2, 0.25) is 5.91 Å². The topological polar surface area (TPSA) is 76.0 Å². The summed E-state index contributed by atoms with van der Waals surface area (Å²) in [7, 11) is 0. The SMILES string of the molecule is Cc1ccc(C(=O)Nc2c3c(nn2CC(=O)NCc2ccc(F)cc2)CSC3)cc1C. The minimum absolute atomic E-state index is 0.0125. The van der Waals surface area contributed by atoms with Gasteiger partial charge in [0.15, 0.2) is 0 Å². The van der Waals surface area contributed by atoms with Crippen LogP contribution in [0.5, 0.6) is 0 Å². The van der Waals surface area contributed by atoms with E-state index < -0.39 is 0 Å². The molecule has 31 heavy (non-hydrogen) atoms. The summed E-state index contributed by atoms with van der Waals surface area (Å²) in [6.45, 7) is 4.25. The van der Waals surface area contributed by atoms with E-state index in [9.17, 15) is 14.0 Å². The van der Waals surface area contributed by atoms with Crippen LogP contribution in [0.15, 0.2) is 42.5 Å².